The minimum absolute atomic E-state index is 0.145. The molecule has 1 aliphatic heterocycles. The van der Waals surface area contributed by atoms with E-state index in [1.807, 2.05) is 0 Å². The van der Waals surface area contributed by atoms with Crippen LogP contribution in [0.1, 0.15) is 17.5 Å². The smallest absolute Gasteiger partial charge is 0.350 e. The molecular formula is C11H8ClF4NO2. The monoisotopic (exact) mass is 297 g/mol. The lowest BCUT2D eigenvalue weighted by atomic mass is 10.0. The van der Waals surface area contributed by atoms with Gasteiger partial charge in [0.25, 0.3) is 0 Å². The van der Waals surface area contributed by atoms with E-state index in [1.165, 1.54) is 6.07 Å². The quantitative estimate of drug-likeness (QED) is 0.809. The minimum atomic E-state index is -5.02. The van der Waals surface area contributed by atoms with Crippen LogP contribution in [0.25, 0.3) is 0 Å². The fraction of sp³-hybridized carbons (Fsp3) is 0.364. The molecular weight excluding hydrogens is 290 g/mol. The van der Waals surface area contributed by atoms with Crippen molar-refractivity contribution in [1.82, 2.24) is 0 Å². The molecule has 0 saturated carbocycles. The van der Waals surface area contributed by atoms with E-state index in [1.54, 1.807) is 6.92 Å². The Bertz CT molecular complexity index is 558. The Kier molecular flexibility index (Phi) is 3.22. The van der Waals surface area contributed by atoms with Crippen LogP contribution >= 0.6 is 11.6 Å². The summed E-state index contributed by atoms with van der Waals surface area (Å²) in [4.78, 5) is 4.02. The van der Waals surface area contributed by atoms with Gasteiger partial charge in [0.15, 0.2) is 0 Å². The zero-order valence-corrected chi connectivity index (χ0v) is 10.3. The summed E-state index contributed by atoms with van der Waals surface area (Å²) in [5.74, 6) is -4.24. The number of rotatable bonds is 1. The van der Waals surface area contributed by atoms with Crippen molar-refractivity contribution in [2.75, 3.05) is 0 Å². The zero-order chi connectivity index (χ0) is 14.4. The second-order valence-corrected chi connectivity index (χ2v) is 4.58. The van der Waals surface area contributed by atoms with Crippen LogP contribution in [0.2, 0.25) is 5.02 Å². The van der Waals surface area contributed by atoms with Gasteiger partial charge in [-0.25, -0.2) is 4.39 Å². The molecule has 1 unspecified atom stereocenters. The average molecular weight is 298 g/mol. The predicted octanol–water partition coefficient (Wildman–Crippen LogP) is 3.16. The Morgan fingerprint density at radius 3 is 2.58 bits per heavy atom. The molecule has 2 rings (SSSR count). The Morgan fingerprint density at radius 2 is 2.05 bits per heavy atom. The highest BCUT2D eigenvalue weighted by Crippen LogP contribution is 2.39. The Morgan fingerprint density at radius 1 is 1.42 bits per heavy atom. The van der Waals surface area contributed by atoms with E-state index in [4.69, 9.17) is 11.6 Å². The standard InChI is InChI=1S/C11H8ClF4NO2/c1-5-2-6(8(13)3-7(5)12)9-4-10(18,19-17-9)11(14,15)16/h2-3,18H,4H2,1H3. The normalized spacial score (nSPS) is 23.2. The van der Waals surface area contributed by atoms with Crippen LogP contribution in [0.15, 0.2) is 17.3 Å². The average Bonchev–Trinajstić information content (AvgIpc) is 2.67. The maximum Gasteiger partial charge on any atom is 0.458 e. The van der Waals surface area contributed by atoms with Crippen molar-refractivity contribution >= 4 is 17.3 Å². The van der Waals surface area contributed by atoms with Crippen molar-refractivity contribution in [1.29, 1.82) is 0 Å². The van der Waals surface area contributed by atoms with Crippen LogP contribution in [-0.4, -0.2) is 22.8 Å². The number of alkyl halides is 3. The van der Waals surface area contributed by atoms with Gasteiger partial charge in [-0.3, -0.25) is 0 Å². The summed E-state index contributed by atoms with van der Waals surface area (Å²) in [5.41, 5.74) is -0.0256. The van der Waals surface area contributed by atoms with Crippen molar-refractivity contribution < 1.29 is 27.5 Å². The molecule has 3 nitrogen and oxygen atoms in total. The van der Waals surface area contributed by atoms with Gasteiger partial charge in [0.1, 0.15) is 5.82 Å². The van der Waals surface area contributed by atoms with Gasteiger partial charge in [0, 0.05) is 10.6 Å². The largest absolute Gasteiger partial charge is 0.458 e. The van der Waals surface area contributed by atoms with Gasteiger partial charge in [-0.15, -0.1) is 0 Å². The van der Waals surface area contributed by atoms with Crippen molar-refractivity contribution in [3.63, 3.8) is 0 Å². The number of aryl methyl sites for hydroxylation is 1. The topological polar surface area (TPSA) is 41.8 Å². The first-order chi connectivity index (χ1) is 8.64. The molecule has 0 spiro atoms. The summed E-state index contributed by atoms with van der Waals surface area (Å²) < 4.78 is 51.2. The highest BCUT2D eigenvalue weighted by molar-refractivity contribution is 6.31. The third kappa shape index (κ3) is 2.40. The van der Waals surface area contributed by atoms with Crippen molar-refractivity contribution in [2.24, 2.45) is 5.16 Å². The third-order valence-electron chi connectivity index (χ3n) is 2.72. The van der Waals surface area contributed by atoms with E-state index in [-0.39, 0.29) is 16.3 Å². The molecule has 0 radical (unpaired) electrons. The summed E-state index contributed by atoms with van der Waals surface area (Å²) in [6.07, 6.45) is -6.00. The molecule has 19 heavy (non-hydrogen) atoms. The Hall–Kier alpha value is -1.34. The van der Waals surface area contributed by atoms with Gasteiger partial charge in [-0.05, 0) is 24.6 Å². The maximum absolute atomic E-state index is 13.6. The second kappa shape index (κ2) is 4.35. The van der Waals surface area contributed by atoms with E-state index in [0.29, 0.717) is 5.56 Å². The third-order valence-corrected chi connectivity index (χ3v) is 3.12. The summed E-state index contributed by atoms with van der Waals surface area (Å²) in [7, 11) is 0. The van der Waals surface area contributed by atoms with E-state index in [2.05, 4.69) is 9.99 Å². The van der Waals surface area contributed by atoms with Gasteiger partial charge >= 0.3 is 12.0 Å². The molecule has 1 aliphatic rings. The molecule has 1 heterocycles. The van der Waals surface area contributed by atoms with Crippen LogP contribution in [0, 0.1) is 12.7 Å². The maximum atomic E-state index is 13.6. The SMILES string of the molecule is Cc1cc(C2=NOC(O)(C(F)(F)F)C2)c(F)cc1Cl. The summed E-state index contributed by atoms with van der Waals surface area (Å²) >= 11 is 5.68. The van der Waals surface area contributed by atoms with E-state index < -0.39 is 24.2 Å². The minimum Gasteiger partial charge on any atom is -0.350 e. The van der Waals surface area contributed by atoms with Crippen LogP contribution in [0.5, 0.6) is 0 Å². The molecule has 0 saturated heterocycles. The molecule has 0 aromatic heterocycles. The van der Waals surface area contributed by atoms with Gasteiger partial charge in [-0.2, -0.15) is 13.2 Å². The number of halogens is 5. The van der Waals surface area contributed by atoms with Gasteiger partial charge < -0.3 is 9.94 Å². The molecule has 0 aliphatic carbocycles. The first-order valence-electron chi connectivity index (χ1n) is 5.14. The Labute approximate surface area is 110 Å². The van der Waals surface area contributed by atoms with Crippen LogP contribution in [-0.2, 0) is 4.84 Å². The van der Waals surface area contributed by atoms with Gasteiger partial charge in [0.2, 0.25) is 0 Å². The molecule has 1 aromatic rings. The fourth-order valence-corrected chi connectivity index (χ4v) is 1.75. The van der Waals surface area contributed by atoms with E-state index in [0.717, 1.165) is 6.07 Å². The number of aliphatic hydroxyl groups is 1. The molecule has 1 atom stereocenters. The van der Waals surface area contributed by atoms with Crippen LogP contribution in [0.3, 0.4) is 0 Å². The van der Waals surface area contributed by atoms with E-state index >= 15 is 0 Å². The molecule has 0 amide bonds. The second-order valence-electron chi connectivity index (χ2n) is 4.17. The molecule has 0 bridgehead atoms. The lowest BCUT2D eigenvalue weighted by Crippen LogP contribution is -2.45. The molecule has 0 fully saturated rings. The fourth-order valence-electron chi connectivity index (χ4n) is 1.60. The summed E-state index contributed by atoms with van der Waals surface area (Å²) in [5, 5.41) is 12.5. The lowest BCUT2D eigenvalue weighted by Gasteiger charge is -2.22. The molecule has 104 valence electrons. The number of benzene rings is 1. The lowest BCUT2D eigenvalue weighted by molar-refractivity contribution is -0.355. The summed E-state index contributed by atoms with van der Waals surface area (Å²) in [6.45, 7) is 1.57. The first kappa shape index (κ1) is 14.1. The van der Waals surface area contributed by atoms with Gasteiger partial charge in [0.05, 0.1) is 12.1 Å². The van der Waals surface area contributed by atoms with Crippen molar-refractivity contribution in [3.8, 4) is 0 Å². The predicted molar refractivity (Wildman–Crippen MR) is 59.4 cm³/mol. The highest BCUT2D eigenvalue weighted by atomic mass is 35.5. The molecule has 1 aromatic carbocycles. The van der Waals surface area contributed by atoms with Crippen LogP contribution in [0.4, 0.5) is 17.6 Å². The molecule has 1 N–H and O–H groups in total. The number of hydrogen-bond acceptors (Lipinski definition) is 3. The van der Waals surface area contributed by atoms with Crippen molar-refractivity contribution in [2.45, 2.75) is 25.3 Å². The first-order valence-corrected chi connectivity index (χ1v) is 5.52. The number of oxime groups is 1. The van der Waals surface area contributed by atoms with Crippen molar-refractivity contribution in [3.05, 3.63) is 34.1 Å². The highest BCUT2D eigenvalue weighted by Gasteiger charge is 2.60. The number of hydrogen-bond donors (Lipinski definition) is 1. The summed E-state index contributed by atoms with van der Waals surface area (Å²) in [6, 6.07) is 2.22. The van der Waals surface area contributed by atoms with Crippen LogP contribution < -0.4 is 0 Å². The van der Waals surface area contributed by atoms with Gasteiger partial charge in [-0.1, -0.05) is 16.8 Å². The Balaban J connectivity index is 2.34. The van der Waals surface area contributed by atoms with E-state index in [9.17, 15) is 22.7 Å². The zero-order valence-electron chi connectivity index (χ0n) is 9.55. The number of nitrogens with zero attached hydrogens (tertiary/aromatic N) is 1. The molecule has 8 heteroatoms.